The van der Waals surface area contributed by atoms with Crippen molar-refractivity contribution >= 4 is 38.3 Å². The Bertz CT molecular complexity index is 1320. The second-order valence-electron chi connectivity index (χ2n) is 6.67. The van der Waals surface area contributed by atoms with Crippen molar-refractivity contribution in [1.29, 1.82) is 0 Å². The molecule has 154 valence electrons. The first-order valence-electron chi connectivity index (χ1n) is 8.93. The zero-order valence-corrected chi connectivity index (χ0v) is 17.8. The number of methoxy groups -OCH3 is 1. The average molecular weight is 444 g/mol. The van der Waals surface area contributed by atoms with E-state index in [0.717, 1.165) is 17.6 Å². The van der Waals surface area contributed by atoms with Crippen LogP contribution in [0.3, 0.4) is 0 Å². The summed E-state index contributed by atoms with van der Waals surface area (Å²) in [7, 11) is -1.84. The molecule has 0 amide bonds. The molecule has 8 nitrogen and oxygen atoms in total. The van der Waals surface area contributed by atoms with Crippen molar-refractivity contribution in [2.24, 2.45) is 0 Å². The minimum Gasteiger partial charge on any atom is -0.497 e. The lowest BCUT2D eigenvalue weighted by Crippen LogP contribution is -2.10. The van der Waals surface area contributed by atoms with Crippen molar-refractivity contribution in [2.75, 3.05) is 18.1 Å². The fourth-order valence-corrected chi connectivity index (χ4v) is 3.80. The molecule has 0 aliphatic carbocycles. The number of rotatable bonds is 6. The van der Waals surface area contributed by atoms with Crippen molar-refractivity contribution in [3.63, 3.8) is 0 Å². The van der Waals surface area contributed by atoms with Gasteiger partial charge in [0, 0.05) is 5.56 Å². The smallest absolute Gasteiger partial charge is 0.229 e. The van der Waals surface area contributed by atoms with E-state index in [9.17, 15) is 8.42 Å². The van der Waals surface area contributed by atoms with Gasteiger partial charge in [-0.25, -0.2) is 18.4 Å². The van der Waals surface area contributed by atoms with Gasteiger partial charge in [-0.1, -0.05) is 35.9 Å². The second kappa shape index (κ2) is 7.92. The van der Waals surface area contributed by atoms with E-state index in [1.54, 1.807) is 42.3 Å². The van der Waals surface area contributed by atoms with E-state index in [1.165, 1.54) is 0 Å². The Morgan fingerprint density at radius 1 is 1.10 bits per heavy atom. The van der Waals surface area contributed by atoms with Crippen LogP contribution in [0.1, 0.15) is 5.56 Å². The Morgan fingerprint density at radius 3 is 2.53 bits per heavy atom. The van der Waals surface area contributed by atoms with E-state index in [4.69, 9.17) is 16.3 Å². The van der Waals surface area contributed by atoms with Crippen molar-refractivity contribution < 1.29 is 13.2 Å². The minimum atomic E-state index is -3.46. The van der Waals surface area contributed by atoms with Gasteiger partial charge in [-0.3, -0.25) is 9.40 Å². The van der Waals surface area contributed by atoms with E-state index in [-0.39, 0.29) is 5.15 Å². The molecule has 10 heteroatoms. The molecule has 0 aliphatic heterocycles. The van der Waals surface area contributed by atoms with Crippen molar-refractivity contribution in [1.82, 2.24) is 19.7 Å². The summed E-state index contributed by atoms with van der Waals surface area (Å²) in [5.41, 5.74) is 2.97. The van der Waals surface area contributed by atoms with E-state index >= 15 is 0 Å². The molecule has 0 fully saturated rings. The molecule has 0 radical (unpaired) electrons. The molecule has 4 aromatic rings. The standard InChI is InChI=1S/C20H18ClN5O3S/c1-29-14-9-7-13(8-10-14)11-26-12-17-18(24-26)19(21)23-20(22-17)15-5-3-4-6-16(15)25-30(2,27)28/h3-10,12,25H,11H2,1-2H3. The minimum absolute atomic E-state index is 0.192. The highest BCUT2D eigenvalue weighted by molar-refractivity contribution is 7.92. The van der Waals surface area contributed by atoms with Crippen LogP contribution < -0.4 is 9.46 Å². The van der Waals surface area contributed by atoms with Gasteiger partial charge in [0.05, 0.1) is 31.8 Å². The Morgan fingerprint density at radius 2 is 1.83 bits per heavy atom. The zero-order chi connectivity index (χ0) is 21.3. The fraction of sp³-hybridized carbons (Fsp3) is 0.150. The van der Waals surface area contributed by atoms with Gasteiger partial charge in [0.1, 0.15) is 16.8 Å². The lowest BCUT2D eigenvalue weighted by Gasteiger charge is -2.09. The number of sulfonamides is 1. The first-order valence-corrected chi connectivity index (χ1v) is 11.2. The highest BCUT2D eigenvalue weighted by atomic mass is 35.5. The van der Waals surface area contributed by atoms with Crippen LogP contribution in [0.25, 0.3) is 22.4 Å². The number of para-hydroxylation sites is 1. The molecule has 1 N–H and O–H groups in total. The predicted octanol–water partition coefficient (Wildman–Crippen LogP) is 3.58. The number of benzene rings is 2. The lowest BCUT2D eigenvalue weighted by molar-refractivity contribution is 0.414. The van der Waals surface area contributed by atoms with Gasteiger partial charge in [0.15, 0.2) is 11.0 Å². The van der Waals surface area contributed by atoms with Crippen LogP contribution in [-0.2, 0) is 16.6 Å². The van der Waals surface area contributed by atoms with E-state index in [2.05, 4.69) is 19.8 Å². The molecule has 0 atom stereocenters. The lowest BCUT2D eigenvalue weighted by atomic mass is 10.1. The van der Waals surface area contributed by atoms with E-state index in [0.29, 0.717) is 34.7 Å². The molecular weight excluding hydrogens is 426 g/mol. The van der Waals surface area contributed by atoms with Crippen molar-refractivity contribution in [3.05, 3.63) is 65.4 Å². The number of hydrogen-bond acceptors (Lipinski definition) is 6. The molecular formula is C20H18ClN5O3S. The second-order valence-corrected chi connectivity index (χ2v) is 8.77. The molecule has 2 aromatic carbocycles. The number of ether oxygens (including phenoxy) is 1. The molecule has 0 saturated heterocycles. The number of nitrogens with zero attached hydrogens (tertiary/aromatic N) is 4. The van der Waals surface area contributed by atoms with E-state index < -0.39 is 10.0 Å². The largest absolute Gasteiger partial charge is 0.497 e. The third kappa shape index (κ3) is 4.37. The summed E-state index contributed by atoms with van der Waals surface area (Å²) >= 11 is 6.37. The van der Waals surface area contributed by atoms with Crippen LogP contribution in [0, 0.1) is 0 Å². The van der Waals surface area contributed by atoms with Crippen LogP contribution in [0.5, 0.6) is 5.75 Å². The number of nitrogens with one attached hydrogen (secondary N) is 1. The maximum atomic E-state index is 11.7. The summed E-state index contributed by atoms with van der Waals surface area (Å²) < 4.78 is 32.8. The maximum absolute atomic E-state index is 11.7. The summed E-state index contributed by atoms with van der Waals surface area (Å²) in [5.74, 6) is 1.09. The maximum Gasteiger partial charge on any atom is 0.229 e. The molecule has 4 rings (SSSR count). The summed E-state index contributed by atoms with van der Waals surface area (Å²) in [6, 6.07) is 14.6. The Kier molecular flexibility index (Phi) is 5.31. The molecule has 0 saturated carbocycles. The fourth-order valence-electron chi connectivity index (χ4n) is 3.01. The number of halogens is 1. The summed E-state index contributed by atoms with van der Waals surface area (Å²) in [6.07, 6.45) is 2.87. The SMILES string of the molecule is COc1ccc(Cn2cc3nc(-c4ccccc4NS(C)(=O)=O)nc(Cl)c3n2)cc1. The van der Waals surface area contributed by atoms with Crippen LogP contribution in [0.4, 0.5) is 5.69 Å². The predicted molar refractivity (Wildman–Crippen MR) is 116 cm³/mol. The normalized spacial score (nSPS) is 11.6. The monoisotopic (exact) mass is 443 g/mol. The van der Waals surface area contributed by atoms with E-state index in [1.807, 2.05) is 24.3 Å². The zero-order valence-electron chi connectivity index (χ0n) is 16.2. The molecule has 0 aliphatic rings. The van der Waals surface area contributed by atoms with Crippen LogP contribution >= 0.6 is 11.6 Å². The number of fused-ring (bicyclic) bond motifs is 1. The molecule has 0 bridgehead atoms. The third-order valence-corrected chi connectivity index (χ3v) is 5.19. The van der Waals surface area contributed by atoms with Gasteiger partial charge in [-0.05, 0) is 29.8 Å². The first kappa shape index (κ1) is 20.1. The Hall–Kier alpha value is -3.17. The third-order valence-electron chi connectivity index (χ3n) is 4.34. The van der Waals surface area contributed by atoms with Gasteiger partial charge in [0.25, 0.3) is 0 Å². The van der Waals surface area contributed by atoms with Crippen LogP contribution in [0.15, 0.2) is 54.7 Å². The first-order chi connectivity index (χ1) is 14.3. The number of aromatic nitrogens is 4. The number of hydrogen-bond donors (Lipinski definition) is 1. The summed E-state index contributed by atoms with van der Waals surface area (Å²) in [4.78, 5) is 8.89. The molecule has 0 unspecified atom stereocenters. The number of anilines is 1. The molecule has 30 heavy (non-hydrogen) atoms. The molecule has 2 heterocycles. The van der Waals surface area contributed by atoms with Gasteiger partial charge < -0.3 is 4.74 Å². The van der Waals surface area contributed by atoms with Gasteiger partial charge in [0.2, 0.25) is 10.0 Å². The van der Waals surface area contributed by atoms with Crippen LogP contribution in [0.2, 0.25) is 5.15 Å². The molecule has 0 spiro atoms. The topological polar surface area (TPSA) is 99.0 Å². The van der Waals surface area contributed by atoms with Crippen LogP contribution in [-0.4, -0.2) is 41.5 Å². The van der Waals surface area contributed by atoms with Crippen molar-refractivity contribution in [2.45, 2.75) is 6.54 Å². The highest BCUT2D eigenvalue weighted by Crippen LogP contribution is 2.29. The molecule has 2 aromatic heterocycles. The Labute approximate surface area is 178 Å². The van der Waals surface area contributed by atoms with Gasteiger partial charge >= 0.3 is 0 Å². The summed E-state index contributed by atoms with van der Waals surface area (Å²) in [6.45, 7) is 0.526. The van der Waals surface area contributed by atoms with Crippen molar-refractivity contribution in [3.8, 4) is 17.1 Å². The summed E-state index contributed by atoms with van der Waals surface area (Å²) in [5, 5.41) is 4.68. The van der Waals surface area contributed by atoms with Gasteiger partial charge in [-0.15, -0.1) is 0 Å². The van der Waals surface area contributed by atoms with Gasteiger partial charge in [-0.2, -0.15) is 5.10 Å². The highest BCUT2D eigenvalue weighted by Gasteiger charge is 2.16. The Balaban J connectivity index is 1.71. The quantitative estimate of drug-likeness (QED) is 0.457. The average Bonchev–Trinajstić information content (AvgIpc) is 3.11.